The van der Waals surface area contributed by atoms with Crippen LogP contribution in [0, 0.1) is 0 Å². The molecule has 1 heterocycles. The Labute approximate surface area is 144 Å². The summed E-state index contributed by atoms with van der Waals surface area (Å²) < 4.78 is 15.9. The van der Waals surface area contributed by atoms with Gasteiger partial charge < -0.3 is 14.2 Å². The highest BCUT2D eigenvalue weighted by Crippen LogP contribution is 2.32. The van der Waals surface area contributed by atoms with Crippen LogP contribution in [0.15, 0.2) is 53.2 Å². The molecule has 0 spiro atoms. The predicted octanol–water partition coefficient (Wildman–Crippen LogP) is 3.70. The highest BCUT2D eigenvalue weighted by atomic mass is 35.5. The fourth-order valence-electron chi connectivity index (χ4n) is 2.32. The third-order valence-electron chi connectivity index (χ3n) is 3.46. The molecule has 0 saturated heterocycles. The van der Waals surface area contributed by atoms with Crippen molar-refractivity contribution in [1.82, 2.24) is 0 Å². The molecular formula is C18H14ClNO4. The van der Waals surface area contributed by atoms with Crippen molar-refractivity contribution in [2.75, 3.05) is 14.2 Å². The number of benzene rings is 2. The summed E-state index contributed by atoms with van der Waals surface area (Å²) in [5.74, 6) is 0.574. The average molecular weight is 344 g/mol. The number of hydrogen-bond donors (Lipinski definition) is 0. The topological polar surface area (TPSA) is 57.1 Å². The van der Waals surface area contributed by atoms with Gasteiger partial charge in [0.1, 0.15) is 17.1 Å². The first kappa shape index (κ1) is 16.1. The molecule has 0 fully saturated rings. The second-order valence-corrected chi connectivity index (χ2v) is 5.30. The van der Waals surface area contributed by atoms with E-state index in [0.717, 1.165) is 0 Å². The monoisotopic (exact) mass is 343 g/mol. The number of nitrogens with zero attached hydrogens (tertiary/aromatic N) is 1. The Morgan fingerprint density at radius 2 is 1.71 bits per heavy atom. The molecular weight excluding hydrogens is 330 g/mol. The van der Waals surface area contributed by atoms with Crippen LogP contribution in [0.4, 0.5) is 0 Å². The molecule has 0 atom stereocenters. The third-order valence-corrected chi connectivity index (χ3v) is 3.80. The van der Waals surface area contributed by atoms with Gasteiger partial charge in [0.25, 0.3) is 0 Å². The Hall–Kier alpha value is -2.79. The van der Waals surface area contributed by atoms with Crippen molar-refractivity contribution in [1.29, 1.82) is 0 Å². The molecule has 2 aromatic rings. The summed E-state index contributed by atoms with van der Waals surface area (Å²) in [4.78, 5) is 16.4. The number of methoxy groups -OCH3 is 2. The van der Waals surface area contributed by atoms with E-state index in [1.54, 1.807) is 36.4 Å². The molecule has 2 aromatic carbocycles. The second kappa shape index (κ2) is 6.76. The first-order valence-electron chi connectivity index (χ1n) is 7.12. The van der Waals surface area contributed by atoms with Gasteiger partial charge in [-0.3, -0.25) is 0 Å². The number of halogens is 1. The fraction of sp³-hybridized carbons (Fsp3) is 0.111. The lowest BCUT2D eigenvalue weighted by Gasteiger charge is -2.11. The number of hydrogen-bond acceptors (Lipinski definition) is 5. The molecule has 0 unspecified atom stereocenters. The highest BCUT2D eigenvalue weighted by Gasteiger charge is 2.29. The van der Waals surface area contributed by atoms with Gasteiger partial charge in [0.05, 0.1) is 14.2 Å². The lowest BCUT2D eigenvalue weighted by molar-refractivity contribution is -0.129. The average Bonchev–Trinajstić information content (AvgIpc) is 2.96. The SMILES string of the molecule is COc1cccc(OC)c1C1=N/C(=C\c2ccccc2Cl)C(=O)O1. The first-order valence-corrected chi connectivity index (χ1v) is 7.50. The maximum absolute atomic E-state index is 12.1. The lowest BCUT2D eigenvalue weighted by atomic mass is 10.1. The largest absolute Gasteiger partial charge is 0.496 e. The van der Waals surface area contributed by atoms with Crippen LogP contribution in [0.3, 0.4) is 0 Å². The molecule has 1 aliphatic rings. The smallest absolute Gasteiger partial charge is 0.363 e. The van der Waals surface area contributed by atoms with Gasteiger partial charge in [-0.1, -0.05) is 35.9 Å². The number of esters is 1. The fourth-order valence-corrected chi connectivity index (χ4v) is 2.51. The van der Waals surface area contributed by atoms with Gasteiger partial charge in [-0.2, -0.15) is 0 Å². The number of carbonyl (C=O) groups is 1. The van der Waals surface area contributed by atoms with E-state index in [1.807, 2.05) is 12.1 Å². The molecule has 0 aliphatic carbocycles. The normalized spacial score (nSPS) is 15.2. The maximum atomic E-state index is 12.1. The van der Waals surface area contributed by atoms with Crippen LogP contribution in [0.25, 0.3) is 6.08 Å². The van der Waals surface area contributed by atoms with Crippen molar-refractivity contribution in [2.24, 2.45) is 4.99 Å². The van der Waals surface area contributed by atoms with Crippen LogP contribution < -0.4 is 9.47 Å². The molecule has 0 N–H and O–H groups in total. The van der Waals surface area contributed by atoms with Gasteiger partial charge in [0.2, 0.25) is 5.90 Å². The summed E-state index contributed by atoms with van der Waals surface area (Å²) in [5.41, 5.74) is 1.33. The van der Waals surface area contributed by atoms with Crippen molar-refractivity contribution < 1.29 is 19.0 Å². The predicted molar refractivity (Wildman–Crippen MR) is 91.6 cm³/mol. The number of cyclic esters (lactones) is 1. The molecule has 0 aromatic heterocycles. The molecule has 1 aliphatic heterocycles. The van der Waals surface area contributed by atoms with Gasteiger partial charge in [0, 0.05) is 5.02 Å². The van der Waals surface area contributed by atoms with Crippen molar-refractivity contribution in [3.8, 4) is 11.5 Å². The van der Waals surface area contributed by atoms with E-state index < -0.39 is 5.97 Å². The minimum absolute atomic E-state index is 0.132. The van der Waals surface area contributed by atoms with Gasteiger partial charge >= 0.3 is 5.97 Å². The molecule has 3 rings (SSSR count). The highest BCUT2D eigenvalue weighted by molar-refractivity contribution is 6.32. The van der Waals surface area contributed by atoms with Crippen LogP contribution in [-0.4, -0.2) is 26.1 Å². The van der Waals surface area contributed by atoms with Crippen molar-refractivity contribution in [2.45, 2.75) is 0 Å². The zero-order valence-corrected chi connectivity index (χ0v) is 13.8. The Morgan fingerprint density at radius 3 is 2.33 bits per heavy atom. The van der Waals surface area contributed by atoms with Gasteiger partial charge in [-0.15, -0.1) is 0 Å². The number of carbonyl (C=O) groups excluding carboxylic acids is 1. The Kier molecular flexibility index (Phi) is 4.53. The van der Waals surface area contributed by atoms with Crippen molar-refractivity contribution in [3.63, 3.8) is 0 Å². The number of ether oxygens (including phenoxy) is 3. The molecule has 0 radical (unpaired) electrons. The van der Waals surface area contributed by atoms with Crippen LogP contribution >= 0.6 is 11.6 Å². The minimum Gasteiger partial charge on any atom is -0.496 e. The maximum Gasteiger partial charge on any atom is 0.363 e. The third kappa shape index (κ3) is 2.98. The quantitative estimate of drug-likeness (QED) is 0.627. The molecule has 24 heavy (non-hydrogen) atoms. The molecule has 0 saturated carbocycles. The van der Waals surface area contributed by atoms with Gasteiger partial charge in [-0.25, -0.2) is 9.79 Å². The van der Waals surface area contributed by atoms with Crippen LogP contribution in [0.1, 0.15) is 11.1 Å². The first-order chi connectivity index (χ1) is 11.6. The Balaban J connectivity index is 2.06. The summed E-state index contributed by atoms with van der Waals surface area (Å²) >= 11 is 6.11. The zero-order chi connectivity index (χ0) is 17.1. The van der Waals surface area contributed by atoms with Crippen molar-refractivity contribution in [3.05, 3.63) is 64.3 Å². The van der Waals surface area contributed by atoms with Crippen molar-refractivity contribution >= 4 is 29.5 Å². The summed E-state index contributed by atoms with van der Waals surface area (Å²) in [5, 5.41) is 0.524. The number of aliphatic imine (C=N–C) groups is 1. The van der Waals surface area contributed by atoms with Gasteiger partial charge in [0.15, 0.2) is 5.70 Å². The minimum atomic E-state index is -0.558. The van der Waals surface area contributed by atoms with Gasteiger partial charge in [-0.05, 0) is 29.8 Å². The van der Waals surface area contributed by atoms with E-state index >= 15 is 0 Å². The second-order valence-electron chi connectivity index (χ2n) is 4.90. The molecule has 0 amide bonds. The summed E-state index contributed by atoms with van der Waals surface area (Å²) in [6, 6.07) is 12.4. The lowest BCUT2D eigenvalue weighted by Crippen LogP contribution is -2.08. The summed E-state index contributed by atoms with van der Waals surface area (Å²) in [6.07, 6.45) is 1.58. The van der Waals surface area contributed by atoms with E-state index in [-0.39, 0.29) is 11.6 Å². The van der Waals surface area contributed by atoms with E-state index in [9.17, 15) is 4.79 Å². The Morgan fingerprint density at radius 1 is 1.04 bits per heavy atom. The summed E-state index contributed by atoms with van der Waals surface area (Å²) in [7, 11) is 3.05. The molecule has 5 nitrogen and oxygen atoms in total. The zero-order valence-electron chi connectivity index (χ0n) is 13.1. The standard InChI is InChI=1S/C18H14ClNO4/c1-22-14-8-5-9-15(23-2)16(14)17-20-13(18(21)24-17)10-11-6-3-4-7-12(11)19/h3-10H,1-2H3/b13-10-. The van der Waals surface area contributed by atoms with E-state index in [4.69, 9.17) is 25.8 Å². The van der Waals surface area contributed by atoms with E-state index in [0.29, 0.717) is 27.6 Å². The van der Waals surface area contributed by atoms with E-state index in [2.05, 4.69) is 4.99 Å². The van der Waals surface area contributed by atoms with Crippen LogP contribution in [-0.2, 0) is 9.53 Å². The molecule has 6 heteroatoms. The van der Waals surface area contributed by atoms with E-state index in [1.165, 1.54) is 14.2 Å². The molecule has 122 valence electrons. The van der Waals surface area contributed by atoms with Crippen LogP contribution in [0.5, 0.6) is 11.5 Å². The van der Waals surface area contributed by atoms with Crippen LogP contribution in [0.2, 0.25) is 5.02 Å². The number of rotatable bonds is 4. The summed E-state index contributed by atoms with van der Waals surface area (Å²) in [6.45, 7) is 0. The molecule has 0 bridgehead atoms. The Bertz CT molecular complexity index is 836.